The van der Waals surface area contributed by atoms with Crippen molar-refractivity contribution in [2.75, 3.05) is 0 Å². The Morgan fingerprint density at radius 3 is 2.54 bits per heavy atom. The van der Waals surface area contributed by atoms with E-state index in [4.69, 9.17) is 0 Å². The van der Waals surface area contributed by atoms with E-state index in [0.717, 1.165) is 12.0 Å². The summed E-state index contributed by atoms with van der Waals surface area (Å²) in [7, 11) is 0. The summed E-state index contributed by atoms with van der Waals surface area (Å²) in [5, 5.41) is 10.6. The summed E-state index contributed by atoms with van der Waals surface area (Å²) in [6, 6.07) is 6.38. The second-order valence-corrected chi connectivity index (χ2v) is 2.81. The third-order valence-electron chi connectivity index (χ3n) is 1.99. The lowest BCUT2D eigenvalue weighted by molar-refractivity contribution is -0.385. The van der Waals surface area contributed by atoms with Crippen LogP contribution >= 0.6 is 0 Å². The van der Waals surface area contributed by atoms with Gasteiger partial charge in [-0.1, -0.05) is 19.9 Å². The largest absolute Gasteiger partial charge is 0.273 e. The number of nitro benzene ring substituents is 1. The van der Waals surface area contributed by atoms with Gasteiger partial charge in [0.1, 0.15) is 0 Å². The minimum Gasteiger partial charge on any atom is -0.258 e. The van der Waals surface area contributed by atoms with E-state index in [1.165, 1.54) is 0 Å². The van der Waals surface area contributed by atoms with Crippen LogP contribution < -0.4 is 0 Å². The highest BCUT2D eigenvalue weighted by atomic mass is 16.6. The van der Waals surface area contributed by atoms with E-state index in [0.29, 0.717) is 12.0 Å². The molecule has 69 valence electrons. The SMILES string of the molecule is CCc1[c]c(CC)c([N+](=O)[O-])cc1. The van der Waals surface area contributed by atoms with Gasteiger partial charge in [-0.2, -0.15) is 0 Å². The Bertz CT molecular complexity index is 321. The van der Waals surface area contributed by atoms with Crippen LogP contribution in [0, 0.1) is 16.2 Å². The number of aryl methyl sites for hydroxylation is 2. The van der Waals surface area contributed by atoms with Crippen molar-refractivity contribution in [3.05, 3.63) is 39.4 Å². The lowest BCUT2D eigenvalue weighted by Gasteiger charge is -2.01. The van der Waals surface area contributed by atoms with Crippen LogP contribution in [0.1, 0.15) is 25.0 Å². The summed E-state index contributed by atoms with van der Waals surface area (Å²) in [6.07, 6.45) is 1.52. The predicted octanol–water partition coefficient (Wildman–Crippen LogP) is 2.52. The van der Waals surface area contributed by atoms with Crippen molar-refractivity contribution in [3.63, 3.8) is 0 Å². The van der Waals surface area contributed by atoms with Crippen LogP contribution in [0.2, 0.25) is 0 Å². The molecule has 0 aliphatic carbocycles. The van der Waals surface area contributed by atoms with Crippen molar-refractivity contribution < 1.29 is 4.92 Å². The number of rotatable bonds is 3. The van der Waals surface area contributed by atoms with E-state index in [1.54, 1.807) is 12.1 Å². The summed E-state index contributed by atoms with van der Waals surface area (Å²) in [6.45, 7) is 3.91. The molecule has 0 aliphatic rings. The predicted molar refractivity (Wildman–Crippen MR) is 50.7 cm³/mol. The summed E-state index contributed by atoms with van der Waals surface area (Å²) in [4.78, 5) is 10.2. The van der Waals surface area contributed by atoms with Gasteiger partial charge >= 0.3 is 0 Å². The summed E-state index contributed by atoms with van der Waals surface area (Å²) in [5.41, 5.74) is 1.91. The molecule has 0 spiro atoms. The van der Waals surface area contributed by atoms with Crippen LogP contribution in [-0.4, -0.2) is 4.92 Å². The van der Waals surface area contributed by atoms with Crippen LogP contribution in [-0.2, 0) is 12.8 Å². The van der Waals surface area contributed by atoms with Gasteiger partial charge in [0.2, 0.25) is 0 Å². The Morgan fingerprint density at radius 1 is 1.38 bits per heavy atom. The second-order valence-electron chi connectivity index (χ2n) is 2.81. The molecule has 0 N–H and O–H groups in total. The monoisotopic (exact) mass is 178 g/mol. The molecule has 0 bridgehead atoms. The van der Waals surface area contributed by atoms with E-state index in [-0.39, 0.29) is 10.6 Å². The number of nitro groups is 1. The molecule has 1 radical (unpaired) electrons. The highest BCUT2D eigenvalue weighted by molar-refractivity contribution is 5.41. The van der Waals surface area contributed by atoms with Crippen molar-refractivity contribution in [3.8, 4) is 0 Å². The second kappa shape index (κ2) is 4.03. The van der Waals surface area contributed by atoms with Crippen molar-refractivity contribution in [1.82, 2.24) is 0 Å². The van der Waals surface area contributed by atoms with Gasteiger partial charge in [-0.05, 0) is 24.5 Å². The van der Waals surface area contributed by atoms with Crippen LogP contribution in [0.4, 0.5) is 5.69 Å². The van der Waals surface area contributed by atoms with E-state index in [1.807, 2.05) is 13.8 Å². The fourth-order valence-corrected chi connectivity index (χ4v) is 1.23. The summed E-state index contributed by atoms with van der Waals surface area (Å²) < 4.78 is 0. The molecule has 1 rings (SSSR count). The average Bonchev–Trinajstić information content (AvgIpc) is 2.16. The molecule has 0 saturated heterocycles. The van der Waals surface area contributed by atoms with Crippen LogP contribution in [0.3, 0.4) is 0 Å². The lowest BCUT2D eigenvalue weighted by atomic mass is 10.1. The molecular formula is C10H12NO2. The van der Waals surface area contributed by atoms with E-state index in [9.17, 15) is 10.1 Å². The number of benzene rings is 1. The Kier molecular flexibility index (Phi) is 3.01. The zero-order valence-corrected chi connectivity index (χ0v) is 7.83. The first-order chi connectivity index (χ1) is 6.19. The van der Waals surface area contributed by atoms with Gasteiger partial charge in [0, 0.05) is 11.6 Å². The molecule has 1 aromatic carbocycles. The quantitative estimate of drug-likeness (QED) is 0.527. The van der Waals surface area contributed by atoms with Gasteiger partial charge in [0.15, 0.2) is 0 Å². The highest BCUT2D eigenvalue weighted by Crippen LogP contribution is 2.19. The summed E-state index contributed by atoms with van der Waals surface area (Å²) in [5.74, 6) is 0. The maximum atomic E-state index is 10.6. The zero-order valence-electron chi connectivity index (χ0n) is 7.83. The van der Waals surface area contributed by atoms with Crippen molar-refractivity contribution >= 4 is 5.69 Å². The minimum atomic E-state index is -0.352. The Hall–Kier alpha value is -1.38. The molecule has 0 aliphatic heterocycles. The number of nitrogens with zero attached hydrogens (tertiary/aromatic N) is 1. The molecule has 0 unspecified atom stereocenters. The minimum absolute atomic E-state index is 0.180. The maximum Gasteiger partial charge on any atom is 0.273 e. The van der Waals surface area contributed by atoms with Gasteiger partial charge in [0.05, 0.1) is 4.92 Å². The molecule has 13 heavy (non-hydrogen) atoms. The van der Waals surface area contributed by atoms with Crippen molar-refractivity contribution in [2.24, 2.45) is 0 Å². The number of hydrogen-bond acceptors (Lipinski definition) is 2. The normalized spacial score (nSPS) is 10.0. The molecule has 0 amide bonds. The zero-order chi connectivity index (χ0) is 9.84. The summed E-state index contributed by atoms with van der Waals surface area (Å²) >= 11 is 0. The van der Waals surface area contributed by atoms with Gasteiger partial charge in [0.25, 0.3) is 5.69 Å². The van der Waals surface area contributed by atoms with Crippen molar-refractivity contribution in [1.29, 1.82) is 0 Å². The fourth-order valence-electron chi connectivity index (χ4n) is 1.23. The third-order valence-corrected chi connectivity index (χ3v) is 1.99. The van der Waals surface area contributed by atoms with Crippen LogP contribution in [0.15, 0.2) is 12.1 Å². The molecule has 3 nitrogen and oxygen atoms in total. The van der Waals surface area contributed by atoms with E-state index < -0.39 is 0 Å². The topological polar surface area (TPSA) is 43.1 Å². The van der Waals surface area contributed by atoms with Crippen molar-refractivity contribution in [2.45, 2.75) is 26.7 Å². The molecule has 0 atom stereocenters. The molecular weight excluding hydrogens is 166 g/mol. The van der Waals surface area contributed by atoms with E-state index in [2.05, 4.69) is 6.07 Å². The highest BCUT2D eigenvalue weighted by Gasteiger charge is 2.11. The van der Waals surface area contributed by atoms with Gasteiger partial charge in [-0.15, -0.1) is 0 Å². The Balaban J connectivity index is 3.15. The average molecular weight is 178 g/mol. The van der Waals surface area contributed by atoms with Gasteiger partial charge < -0.3 is 0 Å². The molecule has 0 aromatic heterocycles. The molecule has 0 heterocycles. The smallest absolute Gasteiger partial charge is 0.258 e. The molecule has 1 aromatic rings. The van der Waals surface area contributed by atoms with Crippen LogP contribution in [0.25, 0.3) is 0 Å². The fraction of sp³-hybridized carbons (Fsp3) is 0.400. The molecule has 0 saturated carbocycles. The first-order valence-corrected chi connectivity index (χ1v) is 4.37. The van der Waals surface area contributed by atoms with Gasteiger partial charge in [-0.3, -0.25) is 10.1 Å². The van der Waals surface area contributed by atoms with Crippen LogP contribution in [0.5, 0.6) is 0 Å². The lowest BCUT2D eigenvalue weighted by Crippen LogP contribution is -1.95. The first kappa shape index (κ1) is 9.71. The first-order valence-electron chi connectivity index (χ1n) is 4.37. The van der Waals surface area contributed by atoms with E-state index >= 15 is 0 Å². The standard InChI is InChI=1S/C10H12NO2/c1-3-8-5-6-10(11(12)13)9(4-2)7-8/h5-6H,3-4H2,1-2H3. The number of hydrogen-bond donors (Lipinski definition) is 0. The third kappa shape index (κ3) is 2.05. The Morgan fingerprint density at radius 2 is 2.08 bits per heavy atom. The Labute approximate surface area is 77.5 Å². The van der Waals surface area contributed by atoms with Gasteiger partial charge in [-0.25, -0.2) is 0 Å². The molecule has 0 fully saturated rings. The maximum absolute atomic E-state index is 10.6. The molecule has 3 heteroatoms.